The first-order valence-corrected chi connectivity index (χ1v) is 17.3. The van der Waals surface area contributed by atoms with Crippen molar-refractivity contribution >= 4 is 35.8 Å². The largest absolute Gasteiger partial charge is 0.481 e. The molecule has 0 heterocycles. The van der Waals surface area contributed by atoms with E-state index in [1.165, 1.54) is 0 Å². The molecule has 12 nitrogen and oxygen atoms in total. The molecular weight excluding hydrogens is 648 g/mol. The number of rotatable bonds is 21. The quantitative estimate of drug-likeness (QED) is 0.0730. The van der Waals surface area contributed by atoms with Gasteiger partial charge in [-0.05, 0) is 62.8 Å². The molecule has 0 amide bonds. The van der Waals surface area contributed by atoms with E-state index >= 15 is 0 Å². The van der Waals surface area contributed by atoms with Crippen molar-refractivity contribution in [3.05, 3.63) is 70.8 Å². The molecule has 50 heavy (non-hydrogen) atoms. The molecule has 2 rings (SSSR count). The molecule has 0 saturated heterocycles. The zero-order valence-electron chi connectivity index (χ0n) is 29.9. The van der Waals surface area contributed by atoms with Gasteiger partial charge in [-0.15, -0.1) is 0 Å². The number of unbranched alkanes of at least 4 members (excludes halogenated alkanes) is 5. The molecule has 0 bridgehead atoms. The molecule has 0 radical (unpaired) electrons. The summed E-state index contributed by atoms with van der Waals surface area (Å²) < 4.78 is 20.6. The summed E-state index contributed by atoms with van der Waals surface area (Å²) in [4.78, 5) is 67.6. The Labute approximate surface area is 295 Å². The standard InChI is InChI=1S/2C16H22O4.C6H10O4/c2*1-3-5-11-19-15(17)13-9-7-8-10-14(13)16(18)20-12-6-4-2;7-5(8)3-1-2-4-6(9)10/h2*7-10H,3-6,11-12H2,1-2H3;1-4H2,(H,7,8)(H,9,10). The van der Waals surface area contributed by atoms with Gasteiger partial charge in [0.1, 0.15) is 0 Å². The van der Waals surface area contributed by atoms with E-state index in [1.807, 2.05) is 27.7 Å². The second kappa shape index (κ2) is 29.2. The van der Waals surface area contributed by atoms with Crippen molar-refractivity contribution in [1.82, 2.24) is 0 Å². The van der Waals surface area contributed by atoms with E-state index in [0.717, 1.165) is 51.4 Å². The van der Waals surface area contributed by atoms with E-state index in [-0.39, 0.29) is 35.1 Å². The van der Waals surface area contributed by atoms with E-state index in [9.17, 15) is 28.8 Å². The van der Waals surface area contributed by atoms with Crippen molar-refractivity contribution in [3.63, 3.8) is 0 Å². The number of carbonyl (C=O) groups is 6. The highest BCUT2D eigenvalue weighted by Gasteiger charge is 2.19. The van der Waals surface area contributed by atoms with Crippen LogP contribution in [-0.4, -0.2) is 72.5 Å². The summed E-state index contributed by atoms with van der Waals surface area (Å²) in [6.45, 7) is 9.56. The Bertz CT molecular complexity index is 1120. The van der Waals surface area contributed by atoms with Gasteiger partial charge >= 0.3 is 35.8 Å². The Hall–Kier alpha value is -4.74. The van der Waals surface area contributed by atoms with Crippen LogP contribution in [-0.2, 0) is 28.5 Å². The summed E-state index contributed by atoms with van der Waals surface area (Å²) in [7, 11) is 0. The first-order chi connectivity index (χ1) is 24.0. The molecular formula is C38H54O12. The minimum absolute atomic E-state index is 0.0628. The van der Waals surface area contributed by atoms with Crippen LogP contribution in [0.3, 0.4) is 0 Å². The summed E-state index contributed by atoms with van der Waals surface area (Å²) in [5, 5.41) is 16.3. The van der Waals surface area contributed by atoms with Crippen LogP contribution in [0.1, 0.15) is 146 Å². The first-order valence-electron chi connectivity index (χ1n) is 17.3. The lowest BCUT2D eigenvalue weighted by Gasteiger charge is -2.09. The molecule has 2 aromatic rings. The summed E-state index contributed by atoms with van der Waals surface area (Å²) in [6.07, 6.45) is 8.08. The number of hydrogen-bond donors (Lipinski definition) is 2. The van der Waals surface area contributed by atoms with Crippen LogP contribution in [0.5, 0.6) is 0 Å². The maximum Gasteiger partial charge on any atom is 0.339 e. The lowest BCUT2D eigenvalue weighted by Crippen LogP contribution is -2.14. The number of benzene rings is 2. The Morgan fingerprint density at radius 2 is 0.640 bits per heavy atom. The average molecular weight is 703 g/mol. The third-order valence-corrected chi connectivity index (χ3v) is 6.69. The summed E-state index contributed by atoms with van der Waals surface area (Å²) in [6, 6.07) is 13.2. The van der Waals surface area contributed by atoms with Gasteiger partial charge in [-0.25, -0.2) is 19.2 Å². The molecule has 0 aliphatic carbocycles. The van der Waals surface area contributed by atoms with Gasteiger partial charge < -0.3 is 29.2 Å². The van der Waals surface area contributed by atoms with Gasteiger partial charge in [-0.1, -0.05) is 77.6 Å². The minimum Gasteiger partial charge on any atom is -0.481 e. The molecule has 0 unspecified atom stereocenters. The van der Waals surface area contributed by atoms with Gasteiger partial charge in [0.2, 0.25) is 0 Å². The molecule has 12 heteroatoms. The monoisotopic (exact) mass is 702 g/mol. The smallest absolute Gasteiger partial charge is 0.339 e. The predicted molar refractivity (Wildman–Crippen MR) is 187 cm³/mol. The van der Waals surface area contributed by atoms with E-state index in [1.54, 1.807) is 48.5 Å². The summed E-state index contributed by atoms with van der Waals surface area (Å²) in [5.74, 6) is -3.62. The normalized spacial score (nSPS) is 9.92. The number of aliphatic carboxylic acids is 2. The Morgan fingerprint density at radius 3 is 0.820 bits per heavy atom. The fraction of sp³-hybridized carbons (Fsp3) is 0.526. The predicted octanol–water partition coefficient (Wildman–Crippen LogP) is 7.92. The van der Waals surface area contributed by atoms with Crippen LogP contribution in [0.4, 0.5) is 0 Å². The number of carbonyl (C=O) groups excluding carboxylic acids is 4. The minimum atomic E-state index is -0.870. The molecule has 0 atom stereocenters. The molecule has 2 N–H and O–H groups in total. The SMILES string of the molecule is CCCCOC(=O)c1ccccc1C(=O)OCCCC.CCCCOC(=O)c1ccccc1C(=O)OCCCC.O=C(O)CCCCC(=O)O. The van der Waals surface area contributed by atoms with Crippen molar-refractivity contribution in [2.75, 3.05) is 26.4 Å². The number of ether oxygens (including phenoxy) is 4. The number of carboxylic acids is 2. The topological polar surface area (TPSA) is 180 Å². The lowest BCUT2D eigenvalue weighted by molar-refractivity contribution is -0.139. The Balaban J connectivity index is 0.000000764. The highest BCUT2D eigenvalue weighted by molar-refractivity contribution is 6.03. The molecule has 0 fully saturated rings. The maximum atomic E-state index is 11.9. The zero-order chi connectivity index (χ0) is 37.6. The zero-order valence-corrected chi connectivity index (χ0v) is 29.9. The number of hydrogen-bond acceptors (Lipinski definition) is 10. The van der Waals surface area contributed by atoms with Crippen molar-refractivity contribution in [2.45, 2.75) is 105 Å². The van der Waals surface area contributed by atoms with Gasteiger partial charge in [-0.3, -0.25) is 9.59 Å². The molecule has 0 spiro atoms. The second-order valence-corrected chi connectivity index (χ2v) is 11.0. The molecule has 0 aliphatic heterocycles. The first kappa shape index (κ1) is 45.3. The van der Waals surface area contributed by atoms with E-state index in [4.69, 9.17) is 29.2 Å². The van der Waals surface area contributed by atoms with Crippen LogP contribution in [0, 0.1) is 0 Å². The van der Waals surface area contributed by atoms with Crippen LogP contribution >= 0.6 is 0 Å². The average Bonchev–Trinajstić information content (AvgIpc) is 3.10. The van der Waals surface area contributed by atoms with Gasteiger partial charge in [0.25, 0.3) is 0 Å². The Kier molecular flexibility index (Phi) is 26.4. The van der Waals surface area contributed by atoms with Crippen LogP contribution in [0.15, 0.2) is 48.5 Å². The number of esters is 4. The lowest BCUT2D eigenvalue weighted by atomic mass is 10.1. The van der Waals surface area contributed by atoms with Gasteiger partial charge in [0.05, 0.1) is 48.7 Å². The summed E-state index contributed by atoms with van der Waals surface area (Å²) in [5.41, 5.74) is 1.07. The second-order valence-electron chi connectivity index (χ2n) is 11.0. The third-order valence-electron chi connectivity index (χ3n) is 6.69. The fourth-order valence-corrected chi connectivity index (χ4v) is 3.78. The van der Waals surface area contributed by atoms with Gasteiger partial charge in [0.15, 0.2) is 0 Å². The molecule has 0 saturated carbocycles. The fourth-order valence-electron chi connectivity index (χ4n) is 3.78. The van der Waals surface area contributed by atoms with Crippen LogP contribution in [0.2, 0.25) is 0 Å². The highest BCUT2D eigenvalue weighted by atomic mass is 16.5. The van der Waals surface area contributed by atoms with Gasteiger partial charge in [0, 0.05) is 12.8 Å². The maximum absolute atomic E-state index is 11.9. The molecule has 2 aromatic carbocycles. The van der Waals surface area contributed by atoms with Crippen molar-refractivity contribution in [3.8, 4) is 0 Å². The van der Waals surface area contributed by atoms with E-state index in [2.05, 4.69) is 0 Å². The molecule has 278 valence electrons. The van der Waals surface area contributed by atoms with Crippen molar-refractivity contribution < 1.29 is 57.9 Å². The van der Waals surface area contributed by atoms with Gasteiger partial charge in [-0.2, -0.15) is 0 Å². The number of carboxylic acid groups (broad SMARTS) is 2. The third kappa shape index (κ3) is 21.3. The summed E-state index contributed by atoms with van der Waals surface area (Å²) >= 11 is 0. The van der Waals surface area contributed by atoms with E-state index < -0.39 is 35.8 Å². The van der Waals surface area contributed by atoms with Crippen molar-refractivity contribution in [2.24, 2.45) is 0 Å². The Morgan fingerprint density at radius 1 is 0.420 bits per heavy atom. The van der Waals surface area contributed by atoms with Crippen LogP contribution < -0.4 is 0 Å². The molecule has 0 aliphatic rings. The van der Waals surface area contributed by atoms with Crippen molar-refractivity contribution in [1.29, 1.82) is 0 Å². The molecule has 0 aromatic heterocycles. The highest BCUT2D eigenvalue weighted by Crippen LogP contribution is 2.14. The van der Waals surface area contributed by atoms with Crippen LogP contribution in [0.25, 0.3) is 0 Å². The van der Waals surface area contributed by atoms with E-state index in [0.29, 0.717) is 39.3 Å².